The lowest BCUT2D eigenvalue weighted by molar-refractivity contribution is -0.462. The minimum atomic E-state index is -9.15. The normalized spacial score (nSPS) is 17.0. The van der Waals surface area contributed by atoms with Crippen LogP contribution < -0.4 is 0 Å². The van der Waals surface area contributed by atoms with E-state index in [-0.39, 0.29) is 0 Å². The molecule has 0 saturated heterocycles. The van der Waals surface area contributed by atoms with Crippen molar-refractivity contribution in [2.45, 2.75) is 121 Å². The predicted octanol–water partition coefficient (Wildman–Crippen LogP) is 12.6. The summed E-state index contributed by atoms with van der Waals surface area (Å²) in [5.74, 6) is -121. The quantitative estimate of drug-likeness (QED) is 0.101. The van der Waals surface area contributed by atoms with E-state index in [2.05, 4.69) is 0 Å². The first-order chi connectivity index (χ1) is 22.7. The molecule has 0 rings (SSSR count). The standard InChI is InChI=1S/C20H8F34/c21-5(22,7(25,26)9(29,30)11(33,34)13(37,38)15(41,42)17(45,46)19(49,50)51)3-1-2-4-6(23,24)8(27,28)10(31,32)12(35,36)14(39,40)16(43,44)18(47,48)20(52,53)54/h1-4H2. The van der Waals surface area contributed by atoms with Gasteiger partial charge < -0.3 is 0 Å². The summed E-state index contributed by atoms with van der Waals surface area (Å²) in [6.07, 6.45) is -29.4. The summed E-state index contributed by atoms with van der Waals surface area (Å²) in [5.41, 5.74) is 0. The lowest BCUT2D eigenvalue weighted by atomic mass is 9.86. The van der Waals surface area contributed by atoms with Crippen LogP contribution in [-0.4, -0.2) is 95.3 Å². The molecule has 0 N–H and O–H groups in total. The Kier molecular flexibility index (Phi) is 12.5. The summed E-state index contributed by atoms with van der Waals surface area (Å²) in [7, 11) is 0. The summed E-state index contributed by atoms with van der Waals surface area (Å²) in [6, 6.07) is 0. The molecule has 0 aromatic heterocycles. The van der Waals surface area contributed by atoms with Crippen LogP contribution in [0.2, 0.25) is 0 Å². The highest BCUT2D eigenvalue weighted by atomic mass is 19.4. The second kappa shape index (κ2) is 13.1. The Labute approximate surface area is 271 Å². The van der Waals surface area contributed by atoms with Gasteiger partial charge in [-0.05, 0) is 12.8 Å². The lowest BCUT2D eigenvalue weighted by Gasteiger charge is -2.43. The molecular weight excluding hydrogens is 886 g/mol. The van der Waals surface area contributed by atoms with Crippen molar-refractivity contribution < 1.29 is 149 Å². The van der Waals surface area contributed by atoms with Gasteiger partial charge in [-0.15, -0.1) is 0 Å². The van der Waals surface area contributed by atoms with Crippen LogP contribution >= 0.6 is 0 Å². The molecule has 0 heterocycles. The van der Waals surface area contributed by atoms with Crippen LogP contribution in [0, 0.1) is 0 Å². The molecule has 0 saturated carbocycles. The zero-order valence-corrected chi connectivity index (χ0v) is 23.7. The molecule has 0 amide bonds. The zero-order valence-electron chi connectivity index (χ0n) is 23.7. The Bertz CT molecular complexity index is 1210. The molecule has 0 aliphatic carbocycles. The van der Waals surface area contributed by atoms with E-state index < -0.39 is 121 Å². The van der Waals surface area contributed by atoms with Crippen LogP contribution in [0.3, 0.4) is 0 Å². The molecule has 54 heavy (non-hydrogen) atoms. The van der Waals surface area contributed by atoms with Gasteiger partial charge in [-0.2, -0.15) is 149 Å². The van der Waals surface area contributed by atoms with E-state index in [1.807, 2.05) is 0 Å². The first kappa shape index (κ1) is 51.6. The number of hydrogen-bond acceptors (Lipinski definition) is 0. The molecule has 0 aromatic carbocycles. The second-order valence-electron chi connectivity index (χ2n) is 10.5. The SMILES string of the molecule is FC(F)(F)C(F)(F)C(F)(F)C(F)(F)C(F)(F)C(F)(F)C(F)(F)C(F)(F)CCCCC(F)(F)C(F)(F)C(F)(F)C(F)(F)C(F)(F)C(F)(F)C(F)(F)C(F)(F)F. The average molecular weight is 894 g/mol. The molecule has 0 aliphatic rings. The third-order valence-electron chi connectivity index (χ3n) is 6.81. The predicted molar refractivity (Wildman–Crippen MR) is 99.8 cm³/mol. The number of alkyl halides is 34. The van der Waals surface area contributed by atoms with Gasteiger partial charge in [0.15, 0.2) is 0 Å². The molecule has 0 spiro atoms. The van der Waals surface area contributed by atoms with E-state index in [9.17, 15) is 149 Å². The van der Waals surface area contributed by atoms with Crippen LogP contribution in [0.5, 0.6) is 0 Å². The lowest BCUT2D eigenvalue weighted by Crippen LogP contribution is -2.74. The molecule has 0 atom stereocenters. The van der Waals surface area contributed by atoms with Gasteiger partial charge in [0.25, 0.3) is 0 Å². The molecule has 0 unspecified atom stereocenters. The van der Waals surface area contributed by atoms with Crippen molar-refractivity contribution in [3.63, 3.8) is 0 Å². The number of unbranched alkanes of at least 4 members (excludes halogenated alkanes) is 1. The maximum absolute atomic E-state index is 13.8. The van der Waals surface area contributed by atoms with E-state index in [1.54, 1.807) is 0 Å². The van der Waals surface area contributed by atoms with Gasteiger partial charge in [-0.1, -0.05) is 0 Å². The highest BCUT2D eigenvalue weighted by Gasteiger charge is 2.96. The van der Waals surface area contributed by atoms with Crippen LogP contribution in [0.1, 0.15) is 25.7 Å². The van der Waals surface area contributed by atoms with Crippen LogP contribution in [0.25, 0.3) is 0 Å². The van der Waals surface area contributed by atoms with Crippen molar-refractivity contribution in [1.29, 1.82) is 0 Å². The Morgan fingerprint density at radius 1 is 0.167 bits per heavy atom. The number of rotatable bonds is 17. The molecular formula is C20H8F34. The Morgan fingerprint density at radius 3 is 0.444 bits per heavy atom. The highest BCUT2D eigenvalue weighted by molar-refractivity contribution is 5.16. The monoisotopic (exact) mass is 894 g/mol. The minimum Gasteiger partial charge on any atom is -0.200 e. The Hall–Kier alpha value is -2.38. The highest BCUT2D eigenvalue weighted by Crippen LogP contribution is 2.66. The minimum absolute atomic E-state index is 2.87. The second-order valence-corrected chi connectivity index (χ2v) is 10.5. The topological polar surface area (TPSA) is 0 Å². The summed E-state index contributed by atoms with van der Waals surface area (Å²) in [5, 5.41) is 0. The average Bonchev–Trinajstić information content (AvgIpc) is 2.92. The van der Waals surface area contributed by atoms with E-state index in [0.717, 1.165) is 0 Å². The fraction of sp³-hybridized carbons (Fsp3) is 1.00. The van der Waals surface area contributed by atoms with Crippen LogP contribution in [-0.2, 0) is 0 Å². The molecule has 0 radical (unpaired) electrons. The van der Waals surface area contributed by atoms with E-state index >= 15 is 0 Å². The zero-order chi connectivity index (χ0) is 44.8. The van der Waals surface area contributed by atoms with Crippen molar-refractivity contribution in [3.8, 4) is 0 Å². The maximum atomic E-state index is 13.8. The summed E-state index contributed by atoms with van der Waals surface area (Å²) < 4.78 is 449. The fourth-order valence-corrected chi connectivity index (χ4v) is 3.40. The molecule has 0 aromatic rings. The van der Waals surface area contributed by atoms with E-state index in [4.69, 9.17) is 0 Å². The third kappa shape index (κ3) is 6.67. The first-order valence-corrected chi connectivity index (χ1v) is 12.1. The van der Waals surface area contributed by atoms with Crippen molar-refractivity contribution in [3.05, 3.63) is 0 Å². The number of hydrogen-bond donors (Lipinski definition) is 0. The molecule has 0 fully saturated rings. The van der Waals surface area contributed by atoms with Gasteiger partial charge in [0.2, 0.25) is 0 Å². The van der Waals surface area contributed by atoms with E-state index in [0.29, 0.717) is 0 Å². The van der Waals surface area contributed by atoms with Crippen molar-refractivity contribution in [2.75, 3.05) is 0 Å². The van der Waals surface area contributed by atoms with Gasteiger partial charge in [-0.3, -0.25) is 0 Å². The number of halogens is 34. The van der Waals surface area contributed by atoms with Gasteiger partial charge >= 0.3 is 95.3 Å². The van der Waals surface area contributed by atoms with E-state index in [1.165, 1.54) is 0 Å². The van der Waals surface area contributed by atoms with Crippen LogP contribution in [0.15, 0.2) is 0 Å². The first-order valence-electron chi connectivity index (χ1n) is 12.1. The van der Waals surface area contributed by atoms with Crippen molar-refractivity contribution >= 4 is 0 Å². The maximum Gasteiger partial charge on any atom is 0.460 e. The third-order valence-corrected chi connectivity index (χ3v) is 6.81. The molecule has 0 bridgehead atoms. The fourth-order valence-electron chi connectivity index (χ4n) is 3.40. The molecule has 0 nitrogen and oxygen atoms in total. The largest absolute Gasteiger partial charge is 0.460 e. The smallest absolute Gasteiger partial charge is 0.200 e. The van der Waals surface area contributed by atoms with Gasteiger partial charge in [0.05, 0.1) is 0 Å². The summed E-state index contributed by atoms with van der Waals surface area (Å²) in [4.78, 5) is 0. The van der Waals surface area contributed by atoms with Crippen LogP contribution in [0.4, 0.5) is 149 Å². The Balaban J connectivity index is 6.54. The summed E-state index contributed by atoms with van der Waals surface area (Å²) in [6.45, 7) is 0. The van der Waals surface area contributed by atoms with Crippen molar-refractivity contribution in [1.82, 2.24) is 0 Å². The van der Waals surface area contributed by atoms with Gasteiger partial charge in [0.1, 0.15) is 0 Å². The Morgan fingerprint density at radius 2 is 0.296 bits per heavy atom. The molecule has 326 valence electrons. The van der Waals surface area contributed by atoms with Gasteiger partial charge in [0, 0.05) is 12.8 Å². The molecule has 0 aliphatic heterocycles. The molecule has 34 heteroatoms. The van der Waals surface area contributed by atoms with Gasteiger partial charge in [-0.25, -0.2) is 0 Å². The summed E-state index contributed by atoms with van der Waals surface area (Å²) >= 11 is 0. The van der Waals surface area contributed by atoms with Crippen molar-refractivity contribution in [2.24, 2.45) is 0 Å².